The number of aliphatic carboxylic acids is 1. The molecule has 1 aromatic heterocycles. The van der Waals surface area contributed by atoms with Crippen molar-refractivity contribution >= 4 is 5.97 Å². The molecule has 0 bridgehead atoms. The van der Waals surface area contributed by atoms with E-state index < -0.39 is 5.97 Å². The summed E-state index contributed by atoms with van der Waals surface area (Å²) in [5, 5.41) is 14.0. The van der Waals surface area contributed by atoms with E-state index in [4.69, 9.17) is 5.11 Å². The number of hydrogen-bond acceptors (Lipinski definition) is 3. The lowest BCUT2D eigenvalue weighted by atomic mass is 10.3. The molecule has 1 rings (SSSR count). The average Bonchev–Trinajstić information content (AvgIpc) is 2.08. The highest BCUT2D eigenvalue weighted by molar-refractivity contribution is 5.70. The van der Waals surface area contributed by atoms with Gasteiger partial charge in [-0.1, -0.05) is 5.92 Å². The van der Waals surface area contributed by atoms with Crippen LogP contribution in [0.25, 0.3) is 0 Å². The van der Waals surface area contributed by atoms with Crippen LogP contribution in [-0.4, -0.2) is 21.3 Å². The highest BCUT2D eigenvalue weighted by atomic mass is 16.4. The third-order valence-electron chi connectivity index (χ3n) is 1.14. The number of H-pyrrole nitrogens is 1. The molecule has 13 heavy (non-hydrogen) atoms. The fraction of sp³-hybridized carbons (Fsp3) is 0.125. The quantitative estimate of drug-likeness (QED) is 0.573. The van der Waals surface area contributed by atoms with Gasteiger partial charge in [0.05, 0.1) is 0 Å². The number of aromatic amines is 1. The third-order valence-corrected chi connectivity index (χ3v) is 1.14. The van der Waals surface area contributed by atoms with Crippen LogP contribution in [0.1, 0.15) is 12.1 Å². The van der Waals surface area contributed by atoms with Crippen molar-refractivity contribution in [1.82, 2.24) is 10.2 Å². The van der Waals surface area contributed by atoms with Crippen molar-refractivity contribution in [2.45, 2.75) is 6.42 Å². The van der Waals surface area contributed by atoms with E-state index in [1.54, 1.807) is 0 Å². The lowest BCUT2D eigenvalue weighted by Crippen LogP contribution is -2.05. The molecule has 0 aliphatic rings. The molecule has 0 amide bonds. The Morgan fingerprint density at radius 3 is 2.92 bits per heavy atom. The van der Waals surface area contributed by atoms with Gasteiger partial charge in [-0.3, -0.25) is 9.59 Å². The monoisotopic (exact) mass is 178 g/mol. The fourth-order valence-electron chi connectivity index (χ4n) is 0.624. The first-order chi connectivity index (χ1) is 6.18. The van der Waals surface area contributed by atoms with Crippen molar-refractivity contribution < 1.29 is 9.90 Å². The van der Waals surface area contributed by atoms with Gasteiger partial charge in [0.15, 0.2) is 0 Å². The number of rotatable bonds is 1. The van der Waals surface area contributed by atoms with Gasteiger partial charge < -0.3 is 5.11 Å². The number of aromatic nitrogens is 2. The van der Waals surface area contributed by atoms with Crippen LogP contribution in [0.2, 0.25) is 0 Å². The first-order valence-electron chi connectivity index (χ1n) is 3.45. The van der Waals surface area contributed by atoms with Crippen molar-refractivity contribution in [2.75, 3.05) is 0 Å². The lowest BCUT2D eigenvalue weighted by molar-refractivity contribution is -0.135. The van der Waals surface area contributed by atoms with E-state index in [2.05, 4.69) is 22.0 Å². The van der Waals surface area contributed by atoms with Gasteiger partial charge in [-0.05, 0) is 12.0 Å². The van der Waals surface area contributed by atoms with Gasteiger partial charge in [-0.25, -0.2) is 5.10 Å². The van der Waals surface area contributed by atoms with Crippen molar-refractivity contribution in [1.29, 1.82) is 0 Å². The van der Waals surface area contributed by atoms with E-state index in [1.807, 2.05) is 0 Å². The molecule has 0 aliphatic carbocycles. The molecule has 5 nitrogen and oxygen atoms in total. The molecule has 0 spiro atoms. The zero-order valence-corrected chi connectivity index (χ0v) is 6.57. The van der Waals surface area contributed by atoms with Gasteiger partial charge in [0.1, 0.15) is 12.1 Å². The molecule has 0 aromatic carbocycles. The van der Waals surface area contributed by atoms with Crippen LogP contribution in [0.15, 0.2) is 16.9 Å². The van der Waals surface area contributed by atoms with Crippen molar-refractivity contribution in [3.63, 3.8) is 0 Å². The SMILES string of the molecule is O=C(O)CC#Cc1ccc(=O)[nH]n1. The molecular formula is C8H6N2O3. The summed E-state index contributed by atoms with van der Waals surface area (Å²) in [6, 6.07) is 2.70. The zero-order valence-electron chi connectivity index (χ0n) is 6.57. The van der Waals surface area contributed by atoms with Crippen molar-refractivity contribution in [3.05, 3.63) is 28.2 Å². The second-order valence-electron chi connectivity index (χ2n) is 2.18. The van der Waals surface area contributed by atoms with E-state index in [0.717, 1.165) is 0 Å². The van der Waals surface area contributed by atoms with Crippen LogP contribution in [-0.2, 0) is 4.79 Å². The molecular weight excluding hydrogens is 172 g/mol. The molecule has 2 N–H and O–H groups in total. The van der Waals surface area contributed by atoms with E-state index >= 15 is 0 Å². The number of nitrogens with zero attached hydrogens (tertiary/aromatic N) is 1. The first-order valence-corrected chi connectivity index (χ1v) is 3.45. The maximum absolute atomic E-state index is 10.5. The van der Waals surface area contributed by atoms with Crippen LogP contribution < -0.4 is 5.56 Å². The number of carboxylic acids is 1. The molecule has 0 fully saturated rings. The standard InChI is InChI=1S/C8H6N2O3/c11-7-5-4-6(9-10-7)2-1-3-8(12)13/h4-5H,3H2,(H,10,11)(H,12,13). The summed E-state index contributed by atoms with van der Waals surface area (Å²) in [4.78, 5) is 20.6. The van der Waals surface area contributed by atoms with Crippen LogP contribution >= 0.6 is 0 Å². The Hall–Kier alpha value is -2.09. The topological polar surface area (TPSA) is 83.0 Å². The maximum Gasteiger partial charge on any atom is 0.315 e. The summed E-state index contributed by atoms with van der Waals surface area (Å²) in [6.45, 7) is 0. The van der Waals surface area contributed by atoms with Crippen molar-refractivity contribution in [2.24, 2.45) is 0 Å². The summed E-state index contributed by atoms with van der Waals surface area (Å²) in [6.07, 6.45) is -0.235. The van der Waals surface area contributed by atoms with E-state index in [-0.39, 0.29) is 12.0 Å². The Bertz CT molecular complexity index is 405. The fourth-order valence-corrected chi connectivity index (χ4v) is 0.624. The highest BCUT2D eigenvalue weighted by Gasteiger charge is 1.90. The largest absolute Gasteiger partial charge is 0.481 e. The van der Waals surface area contributed by atoms with Gasteiger partial charge in [0.25, 0.3) is 5.56 Å². The molecule has 0 saturated carbocycles. The summed E-state index contributed by atoms with van der Waals surface area (Å²) in [5.74, 6) is 3.89. The molecule has 66 valence electrons. The summed E-state index contributed by atoms with van der Waals surface area (Å²) < 4.78 is 0. The molecule has 0 unspecified atom stereocenters. The second kappa shape index (κ2) is 4.07. The maximum atomic E-state index is 10.5. The van der Waals surface area contributed by atoms with Gasteiger partial charge >= 0.3 is 5.97 Å². The van der Waals surface area contributed by atoms with Crippen molar-refractivity contribution in [3.8, 4) is 11.8 Å². The second-order valence-corrected chi connectivity index (χ2v) is 2.18. The first kappa shape index (κ1) is 9.00. The van der Waals surface area contributed by atoms with Gasteiger partial charge in [-0.15, -0.1) is 0 Å². The molecule has 1 heterocycles. The summed E-state index contributed by atoms with van der Waals surface area (Å²) >= 11 is 0. The van der Waals surface area contributed by atoms with Gasteiger partial charge in [-0.2, -0.15) is 5.10 Å². The number of hydrogen-bond donors (Lipinski definition) is 2. The van der Waals surface area contributed by atoms with E-state index in [9.17, 15) is 9.59 Å². The number of carbonyl (C=O) groups is 1. The molecule has 5 heteroatoms. The predicted octanol–water partition coefficient (Wildman–Crippen LogP) is -0.404. The number of nitrogens with one attached hydrogen (secondary N) is 1. The Morgan fingerprint density at radius 1 is 1.62 bits per heavy atom. The minimum Gasteiger partial charge on any atom is -0.481 e. The van der Waals surface area contributed by atoms with Crippen LogP contribution in [0.3, 0.4) is 0 Å². The Kier molecular flexibility index (Phi) is 2.82. The van der Waals surface area contributed by atoms with Crippen LogP contribution in [0, 0.1) is 11.8 Å². The lowest BCUT2D eigenvalue weighted by Gasteiger charge is -1.84. The third kappa shape index (κ3) is 3.20. The van der Waals surface area contributed by atoms with Crippen LogP contribution in [0.5, 0.6) is 0 Å². The minimum absolute atomic E-state index is 0.235. The Morgan fingerprint density at radius 2 is 2.38 bits per heavy atom. The van der Waals surface area contributed by atoms with Crippen LogP contribution in [0.4, 0.5) is 0 Å². The summed E-state index contributed by atoms with van der Waals surface area (Å²) in [5.41, 5.74) is 0.0321. The minimum atomic E-state index is -0.989. The average molecular weight is 178 g/mol. The van der Waals surface area contributed by atoms with E-state index in [0.29, 0.717) is 5.69 Å². The molecule has 1 aromatic rings. The highest BCUT2D eigenvalue weighted by Crippen LogP contribution is 1.84. The Labute approximate surface area is 73.4 Å². The predicted molar refractivity (Wildman–Crippen MR) is 44.0 cm³/mol. The van der Waals surface area contributed by atoms with Gasteiger partial charge in [0, 0.05) is 6.07 Å². The normalized spacial score (nSPS) is 8.62. The van der Waals surface area contributed by atoms with Gasteiger partial charge in [0.2, 0.25) is 0 Å². The molecule has 0 atom stereocenters. The smallest absolute Gasteiger partial charge is 0.315 e. The molecule has 0 saturated heterocycles. The summed E-state index contributed by atoms with van der Waals surface area (Å²) in [7, 11) is 0. The van der Waals surface area contributed by atoms with E-state index in [1.165, 1.54) is 12.1 Å². The molecule has 0 aliphatic heterocycles. The zero-order chi connectivity index (χ0) is 9.68. The molecule has 0 radical (unpaired) electrons. The number of carboxylic acid groups (broad SMARTS) is 1. The Balaban J connectivity index is 2.72.